The van der Waals surface area contributed by atoms with Crippen LogP contribution in [0.25, 0.3) is 50.6 Å². The molecule has 7 nitrogen and oxygen atoms in total. The van der Waals surface area contributed by atoms with Crippen LogP contribution in [0.1, 0.15) is 0 Å². The first kappa shape index (κ1) is 18.5. The van der Waals surface area contributed by atoms with E-state index in [1.165, 1.54) is 0 Å². The lowest BCUT2D eigenvalue weighted by atomic mass is 9.99. The highest BCUT2D eigenvalue weighted by atomic mass is 16.3. The zero-order chi connectivity index (χ0) is 21.5. The Morgan fingerprint density at radius 1 is 0.844 bits per heavy atom. The molecular weight excluding hydrogens is 402 g/mol. The van der Waals surface area contributed by atoms with Gasteiger partial charge in [0.2, 0.25) is 5.82 Å². The van der Waals surface area contributed by atoms with Crippen molar-refractivity contribution < 1.29 is 9.52 Å². The molecule has 0 aliphatic rings. The number of hydrogen-bond donors (Lipinski definition) is 1. The predicted octanol–water partition coefficient (Wildman–Crippen LogP) is 4.67. The molecule has 0 spiro atoms. The third kappa shape index (κ3) is 2.83. The van der Waals surface area contributed by atoms with Crippen LogP contribution in [0.4, 0.5) is 0 Å². The van der Waals surface area contributed by atoms with Crippen molar-refractivity contribution in [2.75, 3.05) is 6.61 Å². The second-order valence-corrected chi connectivity index (χ2v) is 7.45. The van der Waals surface area contributed by atoms with E-state index in [1.54, 1.807) is 17.1 Å². The summed E-state index contributed by atoms with van der Waals surface area (Å²) >= 11 is 0. The fourth-order valence-corrected chi connectivity index (χ4v) is 4.25. The molecule has 0 saturated heterocycles. The van der Waals surface area contributed by atoms with Crippen molar-refractivity contribution in [3.63, 3.8) is 0 Å². The van der Waals surface area contributed by atoms with Gasteiger partial charge in [-0.3, -0.25) is 0 Å². The molecule has 0 aliphatic carbocycles. The Morgan fingerprint density at radius 2 is 1.59 bits per heavy atom. The van der Waals surface area contributed by atoms with Crippen LogP contribution in [0.3, 0.4) is 0 Å². The average Bonchev–Trinajstić information content (AvgIpc) is 3.57. The minimum absolute atomic E-state index is 0.00492. The van der Waals surface area contributed by atoms with Gasteiger partial charge in [-0.15, -0.1) is 5.10 Å². The van der Waals surface area contributed by atoms with Crippen LogP contribution in [0.15, 0.2) is 89.8 Å². The smallest absolute Gasteiger partial charge is 0.217 e. The number of nitrogens with zero attached hydrogens (tertiary/aromatic N) is 5. The number of rotatable bonds is 5. The fraction of sp³-hybridized carbons (Fsp3) is 0.0800. The molecule has 0 bridgehead atoms. The first-order valence-corrected chi connectivity index (χ1v) is 10.4. The topological polar surface area (TPSA) is 81.4 Å². The third-order valence-electron chi connectivity index (χ3n) is 5.56. The molecule has 2 aromatic carbocycles. The van der Waals surface area contributed by atoms with E-state index in [1.807, 2.05) is 48.5 Å². The van der Waals surface area contributed by atoms with Gasteiger partial charge in [0, 0.05) is 12.1 Å². The average molecular weight is 421 g/mol. The molecule has 0 aliphatic heterocycles. The molecule has 1 N–H and O–H groups in total. The summed E-state index contributed by atoms with van der Waals surface area (Å²) in [7, 11) is 0. The predicted molar refractivity (Wildman–Crippen MR) is 122 cm³/mol. The zero-order valence-corrected chi connectivity index (χ0v) is 17.1. The van der Waals surface area contributed by atoms with Crippen molar-refractivity contribution in [2.45, 2.75) is 6.54 Å². The van der Waals surface area contributed by atoms with Gasteiger partial charge in [0.25, 0.3) is 0 Å². The number of hydrogen-bond acceptors (Lipinski definition) is 5. The fourth-order valence-electron chi connectivity index (χ4n) is 4.25. The summed E-state index contributed by atoms with van der Waals surface area (Å²) < 4.78 is 9.26. The van der Waals surface area contributed by atoms with Gasteiger partial charge < -0.3 is 14.1 Å². The molecule has 0 fully saturated rings. The largest absolute Gasteiger partial charge is 0.461 e. The van der Waals surface area contributed by atoms with E-state index in [0.29, 0.717) is 23.8 Å². The molecule has 6 aromatic rings. The van der Waals surface area contributed by atoms with Crippen molar-refractivity contribution in [3.8, 4) is 34.0 Å². The van der Waals surface area contributed by atoms with E-state index in [4.69, 9.17) is 14.4 Å². The molecule has 0 saturated carbocycles. The molecule has 32 heavy (non-hydrogen) atoms. The van der Waals surface area contributed by atoms with Gasteiger partial charge in [-0.1, -0.05) is 60.7 Å². The zero-order valence-electron chi connectivity index (χ0n) is 17.1. The van der Waals surface area contributed by atoms with Gasteiger partial charge in [-0.25, -0.2) is 14.5 Å². The molecule has 4 aromatic heterocycles. The van der Waals surface area contributed by atoms with Crippen LogP contribution in [0.5, 0.6) is 0 Å². The molecule has 4 heterocycles. The quantitative estimate of drug-likeness (QED) is 0.438. The van der Waals surface area contributed by atoms with Gasteiger partial charge >= 0.3 is 0 Å². The van der Waals surface area contributed by atoms with Crippen molar-refractivity contribution >= 4 is 16.7 Å². The van der Waals surface area contributed by atoms with E-state index in [2.05, 4.69) is 33.9 Å². The van der Waals surface area contributed by atoms with Crippen LogP contribution in [-0.4, -0.2) is 35.9 Å². The molecule has 0 atom stereocenters. The van der Waals surface area contributed by atoms with Crippen LogP contribution in [0, 0.1) is 0 Å². The number of aromatic nitrogens is 5. The summed E-state index contributed by atoms with van der Waals surface area (Å²) in [5.74, 6) is 1.10. The minimum atomic E-state index is -0.00492. The summed E-state index contributed by atoms with van der Waals surface area (Å²) in [5, 5.41) is 15.4. The van der Waals surface area contributed by atoms with Crippen molar-refractivity contribution in [3.05, 3.63) is 85.4 Å². The Labute approximate surface area is 183 Å². The molecular formula is C25H19N5O2. The first-order chi connectivity index (χ1) is 15.8. The second-order valence-electron chi connectivity index (χ2n) is 7.45. The van der Waals surface area contributed by atoms with Crippen LogP contribution >= 0.6 is 0 Å². The number of aliphatic hydroxyl groups excluding tert-OH is 1. The highest BCUT2D eigenvalue weighted by Gasteiger charge is 2.24. The Hall–Kier alpha value is -4.23. The normalized spacial score (nSPS) is 11.5. The lowest BCUT2D eigenvalue weighted by Gasteiger charge is -2.11. The van der Waals surface area contributed by atoms with Gasteiger partial charge in [-0.05, 0) is 23.3 Å². The third-order valence-corrected chi connectivity index (χ3v) is 5.56. The molecule has 0 amide bonds. The standard InChI is InChI=1S/C25H19N5O2/c31-14-13-29-22(18-10-5-2-6-11-18)20(17-8-3-1-4-9-17)21-24(29)26-16-30-25(21)27-23(28-30)19-12-7-15-32-19/h1-12,15-16,31H,13-14H2. The Kier molecular flexibility index (Phi) is 4.33. The molecule has 0 unspecified atom stereocenters. The number of furan rings is 1. The van der Waals surface area contributed by atoms with Gasteiger partial charge in [0.1, 0.15) is 12.0 Å². The molecule has 156 valence electrons. The van der Waals surface area contributed by atoms with Crippen molar-refractivity contribution in [2.24, 2.45) is 0 Å². The van der Waals surface area contributed by atoms with E-state index in [-0.39, 0.29) is 6.61 Å². The molecule has 7 heteroatoms. The summed E-state index contributed by atoms with van der Waals surface area (Å²) in [4.78, 5) is 9.56. The highest BCUT2D eigenvalue weighted by molar-refractivity contribution is 6.09. The van der Waals surface area contributed by atoms with E-state index in [0.717, 1.165) is 33.4 Å². The lowest BCUT2D eigenvalue weighted by Crippen LogP contribution is -2.05. The van der Waals surface area contributed by atoms with Crippen molar-refractivity contribution in [1.29, 1.82) is 0 Å². The van der Waals surface area contributed by atoms with Gasteiger partial charge in [-0.2, -0.15) is 0 Å². The van der Waals surface area contributed by atoms with Crippen molar-refractivity contribution in [1.82, 2.24) is 24.1 Å². The summed E-state index contributed by atoms with van der Waals surface area (Å²) in [6.07, 6.45) is 3.27. The Bertz CT molecular complexity index is 1520. The van der Waals surface area contributed by atoms with E-state index >= 15 is 0 Å². The van der Waals surface area contributed by atoms with Crippen LogP contribution in [0.2, 0.25) is 0 Å². The van der Waals surface area contributed by atoms with Gasteiger partial charge in [0.05, 0.1) is 24.0 Å². The molecule has 6 rings (SSSR count). The van der Waals surface area contributed by atoms with E-state index in [9.17, 15) is 5.11 Å². The Balaban J connectivity index is 1.77. The van der Waals surface area contributed by atoms with Gasteiger partial charge in [0.15, 0.2) is 11.4 Å². The summed E-state index contributed by atoms with van der Waals surface area (Å²) in [6.45, 7) is 0.408. The maximum absolute atomic E-state index is 9.88. The van der Waals surface area contributed by atoms with Crippen LogP contribution in [-0.2, 0) is 6.54 Å². The number of benzene rings is 2. The van der Waals surface area contributed by atoms with E-state index < -0.39 is 0 Å². The first-order valence-electron chi connectivity index (χ1n) is 10.4. The monoisotopic (exact) mass is 421 g/mol. The molecule has 0 radical (unpaired) electrons. The summed E-state index contributed by atoms with van der Waals surface area (Å²) in [5.41, 5.74) is 5.53. The highest BCUT2D eigenvalue weighted by Crippen LogP contribution is 2.41. The maximum Gasteiger partial charge on any atom is 0.217 e. The number of fused-ring (bicyclic) bond motifs is 3. The number of aliphatic hydroxyl groups is 1. The maximum atomic E-state index is 9.88. The minimum Gasteiger partial charge on any atom is -0.461 e. The Morgan fingerprint density at radius 3 is 2.28 bits per heavy atom. The lowest BCUT2D eigenvalue weighted by molar-refractivity contribution is 0.278. The summed E-state index contributed by atoms with van der Waals surface area (Å²) in [6, 6.07) is 24.0. The second kappa shape index (κ2) is 7.47. The SMILES string of the molecule is OCCn1c(-c2ccccc2)c(-c2ccccc2)c2c1ncn1nc(-c3ccco3)nc21. The van der Waals surface area contributed by atoms with Crippen LogP contribution < -0.4 is 0 Å².